The molecule has 0 fully saturated rings. The van der Waals surface area contributed by atoms with Gasteiger partial charge < -0.3 is 9.84 Å². The summed E-state index contributed by atoms with van der Waals surface area (Å²) in [6, 6.07) is 4.69. The van der Waals surface area contributed by atoms with Crippen LogP contribution in [0, 0.1) is 0 Å². The van der Waals surface area contributed by atoms with Crippen LogP contribution in [0.4, 0.5) is 0 Å². The molecule has 0 radical (unpaired) electrons. The van der Waals surface area contributed by atoms with E-state index in [0.29, 0.717) is 16.9 Å². The highest BCUT2D eigenvalue weighted by molar-refractivity contribution is 6.51. The van der Waals surface area contributed by atoms with E-state index in [0.717, 1.165) is 0 Å². The van der Waals surface area contributed by atoms with Crippen LogP contribution in [0.25, 0.3) is 6.08 Å². The largest absolute Gasteiger partial charge is 0.504 e. The number of phenolic OH excluding ortho intramolecular Hbond substituents is 1. The molecule has 0 saturated heterocycles. The van der Waals surface area contributed by atoms with Gasteiger partial charge in [-0.15, -0.1) is 0 Å². The quantitative estimate of drug-likeness (QED) is 0.617. The number of aromatic hydroxyl groups is 1. The minimum atomic E-state index is -0.517. The van der Waals surface area contributed by atoms with Crippen LogP contribution in [0.15, 0.2) is 35.9 Å². The minimum absolute atomic E-state index is 0.0269. The zero-order chi connectivity index (χ0) is 12.4. The third-order valence-electron chi connectivity index (χ3n) is 2.43. The average molecular weight is 230 g/mol. The van der Waals surface area contributed by atoms with E-state index in [1.807, 2.05) is 0 Å². The molecule has 17 heavy (non-hydrogen) atoms. The molecule has 2 rings (SSSR count). The molecule has 1 N–H and O–H groups in total. The van der Waals surface area contributed by atoms with E-state index in [4.69, 9.17) is 4.74 Å². The lowest BCUT2D eigenvalue weighted by molar-refractivity contribution is -0.130. The van der Waals surface area contributed by atoms with E-state index in [2.05, 4.69) is 0 Å². The number of carbonyl (C=O) groups excluding carboxylic acids is 2. The first-order valence-electron chi connectivity index (χ1n) is 4.97. The number of methoxy groups -OCH3 is 1. The van der Waals surface area contributed by atoms with Crippen LogP contribution < -0.4 is 4.74 Å². The molecule has 1 aliphatic carbocycles. The van der Waals surface area contributed by atoms with Gasteiger partial charge in [-0.25, -0.2) is 0 Å². The summed E-state index contributed by atoms with van der Waals surface area (Å²) in [5, 5.41) is 9.41. The summed E-state index contributed by atoms with van der Waals surface area (Å²) < 4.78 is 4.95. The molecule has 0 spiro atoms. The molecule has 0 saturated carbocycles. The van der Waals surface area contributed by atoms with Crippen molar-refractivity contribution in [3.63, 3.8) is 0 Å². The lowest BCUT2D eigenvalue weighted by atomic mass is 10.1. The Balaban J connectivity index is 2.37. The third kappa shape index (κ3) is 2.10. The normalized spacial score (nSPS) is 16.9. The van der Waals surface area contributed by atoms with Crippen molar-refractivity contribution >= 4 is 17.6 Å². The molecule has 0 atom stereocenters. The molecule has 1 aliphatic rings. The second kappa shape index (κ2) is 4.25. The predicted octanol–water partition coefficient (Wildman–Crippen LogP) is 1.49. The highest BCUT2D eigenvalue weighted by Crippen LogP contribution is 2.27. The number of allylic oxidation sites excluding steroid dienone is 3. The topological polar surface area (TPSA) is 63.6 Å². The smallest absolute Gasteiger partial charge is 0.232 e. The first-order valence-corrected chi connectivity index (χ1v) is 4.97. The number of carbonyl (C=O) groups is 2. The number of rotatable bonds is 2. The number of hydrogen-bond donors (Lipinski definition) is 1. The molecule has 0 aromatic heterocycles. The molecule has 86 valence electrons. The molecule has 0 amide bonds. The Kier molecular flexibility index (Phi) is 2.78. The molecule has 1 aromatic carbocycles. The summed E-state index contributed by atoms with van der Waals surface area (Å²) in [7, 11) is 1.44. The summed E-state index contributed by atoms with van der Waals surface area (Å²) in [4.78, 5) is 22.4. The van der Waals surface area contributed by atoms with Crippen molar-refractivity contribution in [1.29, 1.82) is 0 Å². The zero-order valence-electron chi connectivity index (χ0n) is 9.14. The van der Waals surface area contributed by atoms with Gasteiger partial charge in [0.15, 0.2) is 11.5 Å². The number of Topliss-reactive ketones (excluding diaryl/α,β-unsaturated/α-hetero) is 1. The standard InChI is InChI=1S/C13H10O4/c1-17-12-7-8(2-4-10(12)14)6-9-3-5-11(15)13(9)16/h2-7,14H,1H3/b9-6+. The van der Waals surface area contributed by atoms with Gasteiger partial charge >= 0.3 is 0 Å². The predicted molar refractivity (Wildman–Crippen MR) is 61.8 cm³/mol. The van der Waals surface area contributed by atoms with Crippen LogP contribution in [0.1, 0.15) is 5.56 Å². The van der Waals surface area contributed by atoms with E-state index in [9.17, 15) is 14.7 Å². The van der Waals surface area contributed by atoms with Gasteiger partial charge in [0.1, 0.15) is 0 Å². The molecule has 0 bridgehead atoms. The van der Waals surface area contributed by atoms with Crippen LogP contribution in [0.3, 0.4) is 0 Å². The Bertz CT molecular complexity index is 553. The summed E-state index contributed by atoms with van der Waals surface area (Å²) in [5.74, 6) is -0.682. The van der Waals surface area contributed by atoms with Crippen molar-refractivity contribution in [3.05, 3.63) is 41.5 Å². The first kappa shape index (κ1) is 11.1. The molecule has 1 aromatic rings. The third-order valence-corrected chi connectivity index (χ3v) is 2.43. The lowest BCUT2D eigenvalue weighted by Crippen LogP contribution is -2.05. The summed E-state index contributed by atoms with van der Waals surface area (Å²) in [6.45, 7) is 0. The number of ketones is 2. The summed E-state index contributed by atoms with van der Waals surface area (Å²) >= 11 is 0. The highest BCUT2D eigenvalue weighted by atomic mass is 16.5. The van der Waals surface area contributed by atoms with Crippen molar-refractivity contribution in [2.45, 2.75) is 0 Å². The fourth-order valence-corrected chi connectivity index (χ4v) is 1.54. The van der Waals surface area contributed by atoms with Gasteiger partial charge in [-0.1, -0.05) is 6.07 Å². The lowest BCUT2D eigenvalue weighted by Gasteiger charge is -2.04. The van der Waals surface area contributed by atoms with E-state index in [-0.39, 0.29) is 5.75 Å². The van der Waals surface area contributed by atoms with Gasteiger partial charge in [0.25, 0.3) is 0 Å². The van der Waals surface area contributed by atoms with Crippen molar-refractivity contribution < 1.29 is 19.4 Å². The van der Waals surface area contributed by atoms with Crippen LogP contribution in [0.5, 0.6) is 11.5 Å². The SMILES string of the molecule is COc1cc(/C=C2\C=CC(=O)C2=O)ccc1O. The second-order valence-corrected chi connectivity index (χ2v) is 3.56. The summed E-state index contributed by atoms with van der Waals surface area (Å²) in [5.41, 5.74) is 1.02. The maximum absolute atomic E-state index is 11.4. The van der Waals surface area contributed by atoms with Crippen molar-refractivity contribution in [3.8, 4) is 11.5 Å². The van der Waals surface area contributed by atoms with E-state index >= 15 is 0 Å². The average Bonchev–Trinajstić information content (AvgIpc) is 2.63. The van der Waals surface area contributed by atoms with Crippen LogP contribution in [-0.2, 0) is 9.59 Å². The fourth-order valence-electron chi connectivity index (χ4n) is 1.54. The van der Waals surface area contributed by atoms with Crippen LogP contribution in [0.2, 0.25) is 0 Å². The van der Waals surface area contributed by atoms with Crippen molar-refractivity contribution in [1.82, 2.24) is 0 Å². The van der Waals surface area contributed by atoms with Crippen molar-refractivity contribution in [2.24, 2.45) is 0 Å². The number of ether oxygens (including phenoxy) is 1. The molecule has 0 heterocycles. The van der Waals surface area contributed by atoms with Gasteiger partial charge in [0, 0.05) is 5.57 Å². The zero-order valence-corrected chi connectivity index (χ0v) is 9.14. The monoisotopic (exact) mass is 230 g/mol. The Morgan fingerprint density at radius 2 is 2.00 bits per heavy atom. The molecular weight excluding hydrogens is 220 g/mol. The van der Waals surface area contributed by atoms with Gasteiger partial charge in [-0.2, -0.15) is 0 Å². The summed E-state index contributed by atoms with van der Waals surface area (Å²) in [6.07, 6.45) is 4.29. The van der Waals surface area contributed by atoms with E-state index in [1.54, 1.807) is 18.2 Å². The fraction of sp³-hybridized carbons (Fsp3) is 0.0769. The van der Waals surface area contributed by atoms with Crippen LogP contribution >= 0.6 is 0 Å². The molecular formula is C13H10O4. The van der Waals surface area contributed by atoms with Crippen LogP contribution in [-0.4, -0.2) is 23.8 Å². The van der Waals surface area contributed by atoms with E-state index < -0.39 is 11.6 Å². The van der Waals surface area contributed by atoms with Gasteiger partial charge in [0.2, 0.25) is 11.6 Å². The Morgan fingerprint density at radius 3 is 2.59 bits per heavy atom. The second-order valence-electron chi connectivity index (χ2n) is 3.56. The Hall–Kier alpha value is -2.36. The number of hydrogen-bond acceptors (Lipinski definition) is 4. The molecule has 4 heteroatoms. The Labute approximate surface area is 97.8 Å². The highest BCUT2D eigenvalue weighted by Gasteiger charge is 2.20. The van der Waals surface area contributed by atoms with Crippen molar-refractivity contribution in [2.75, 3.05) is 7.11 Å². The van der Waals surface area contributed by atoms with E-state index in [1.165, 1.54) is 25.3 Å². The van der Waals surface area contributed by atoms with Gasteiger partial charge in [-0.3, -0.25) is 9.59 Å². The molecule has 0 aliphatic heterocycles. The van der Waals surface area contributed by atoms with Gasteiger partial charge in [-0.05, 0) is 35.9 Å². The number of benzene rings is 1. The molecule has 4 nitrogen and oxygen atoms in total. The Morgan fingerprint density at radius 1 is 1.24 bits per heavy atom. The maximum atomic E-state index is 11.4. The molecule has 0 unspecified atom stereocenters. The van der Waals surface area contributed by atoms with Gasteiger partial charge in [0.05, 0.1) is 7.11 Å². The minimum Gasteiger partial charge on any atom is -0.504 e. The maximum Gasteiger partial charge on any atom is 0.232 e. The number of phenols is 1. The first-order chi connectivity index (χ1) is 8.11.